The summed E-state index contributed by atoms with van der Waals surface area (Å²) in [6, 6.07) is 19.9. The summed E-state index contributed by atoms with van der Waals surface area (Å²) >= 11 is 0. The van der Waals surface area contributed by atoms with Gasteiger partial charge in [0.25, 0.3) is 0 Å². The van der Waals surface area contributed by atoms with Crippen LogP contribution in [0.25, 0.3) is 11.1 Å². The zero-order chi connectivity index (χ0) is 22.8. The van der Waals surface area contributed by atoms with Gasteiger partial charge in [-0.1, -0.05) is 75.3 Å². The van der Waals surface area contributed by atoms with Crippen LogP contribution in [0.15, 0.2) is 60.7 Å². The molecule has 0 saturated carbocycles. The van der Waals surface area contributed by atoms with E-state index in [0.717, 1.165) is 84.3 Å². The zero-order valence-corrected chi connectivity index (χ0v) is 19.5. The molecule has 1 nitrogen and oxygen atoms in total. The number of unbranched alkanes of at least 4 members (excludes halogenated alkanes) is 3. The van der Waals surface area contributed by atoms with Crippen molar-refractivity contribution in [3.05, 3.63) is 88.7 Å². The van der Waals surface area contributed by atoms with Crippen molar-refractivity contribution in [3.8, 4) is 28.7 Å². The van der Waals surface area contributed by atoms with Crippen LogP contribution >= 0.6 is 0 Å². The summed E-state index contributed by atoms with van der Waals surface area (Å²) in [5.74, 6) is 7.09. The van der Waals surface area contributed by atoms with E-state index in [2.05, 4.69) is 50.0 Å². The number of rotatable bonds is 9. The minimum absolute atomic E-state index is 0.145. The molecule has 0 aliphatic carbocycles. The Morgan fingerprint density at radius 1 is 0.781 bits per heavy atom. The number of halogens is 1. The topological polar surface area (TPSA) is 9.23 Å². The van der Waals surface area contributed by atoms with Gasteiger partial charge in [-0.15, -0.1) is 0 Å². The Bertz CT molecular complexity index is 1050. The molecule has 0 bridgehead atoms. The van der Waals surface area contributed by atoms with E-state index in [0.29, 0.717) is 0 Å². The Balaban J connectivity index is 1.67. The van der Waals surface area contributed by atoms with Crippen LogP contribution in [0.1, 0.15) is 68.2 Å². The Labute approximate surface area is 192 Å². The fourth-order valence-corrected chi connectivity index (χ4v) is 3.60. The van der Waals surface area contributed by atoms with Gasteiger partial charge in [-0.05, 0) is 78.8 Å². The molecule has 0 amide bonds. The van der Waals surface area contributed by atoms with E-state index in [1.165, 1.54) is 0 Å². The molecule has 0 aromatic heterocycles. The molecule has 3 aromatic rings. The van der Waals surface area contributed by atoms with Crippen molar-refractivity contribution in [1.29, 1.82) is 0 Å². The first-order chi connectivity index (χ1) is 15.6. The fraction of sp³-hybridized carbons (Fsp3) is 0.333. The summed E-state index contributed by atoms with van der Waals surface area (Å²) < 4.78 is 20.2. The molecule has 0 saturated heterocycles. The second-order valence-corrected chi connectivity index (χ2v) is 8.27. The van der Waals surface area contributed by atoms with Crippen molar-refractivity contribution in [2.45, 2.75) is 59.3 Å². The monoisotopic (exact) mass is 428 g/mol. The number of hydrogen-bond acceptors (Lipinski definition) is 1. The van der Waals surface area contributed by atoms with Gasteiger partial charge in [0.05, 0.1) is 6.61 Å². The van der Waals surface area contributed by atoms with Crippen molar-refractivity contribution < 1.29 is 9.13 Å². The van der Waals surface area contributed by atoms with Crippen LogP contribution in [0.3, 0.4) is 0 Å². The van der Waals surface area contributed by atoms with E-state index in [1.54, 1.807) is 6.07 Å². The summed E-state index contributed by atoms with van der Waals surface area (Å²) in [6.45, 7) is 7.08. The third-order valence-electron chi connectivity index (χ3n) is 5.62. The van der Waals surface area contributed by atoms with Crippen LogP contribution in [0.2, 0.25) is 0 Å². The van der Waals surface area contributed by atoms with Crippen molar-refractivity contribution in [2.24, 2.45) is 0 Å². The van der Waals surface area contributed by atoms with E-state index in [-0.39, 0.29) is 5.82 Å². The van der Waals surface area contributed by atoms with Crippen molar-refractivity contribution in [2.75, 3.05) is 6.61 Å². The SMILES string of the molecule is CCCCCc1cc(C)c(C#Cc2ccc(-c3ccc(OCCCC)cc3)cc2)cc1F. The second-order valence-electron chi connectivity index (χ2n) is 8.27. The lowest BCUT2D eigenvalue weighted by Gasteiger charge is -2.07. The molecule has 0 spiro atoms. The van der Waals surface area contributed by atoms with Crippen molar-refractivity contribution in [3.63, 3.8) is 0 Å². The molecule has 0 radical (unpaired) electrons. The molecule has 0 N–H and O–H groups in total. The summed E-state index contributed by atoms with van der Waals surface area (Å²) in [5, 5.41) is 0. The standard InChI is InChI=1S/C30H33FO/c1-4-6-8-9-28-21-23(3)27(22-30(28)31)15-12-24-10-13-25(14-11-24)26-16-18-29(19-17-26)32-20-7-5-2/h10-11,13-14,16-19,21-22H,4-9,20H2,1-3H3. The van der Waals surface area contributed by atoms with Crippen LogP contribution < -0.4 is 4.74 Å². The zero-order valence-electron chi connectivity index (χ0n) is 19.5. The molecule has 166 valence electrons. The van der Waals surface area contributed by atoms with Gasteiger partial charge in [0.1, 0.15) is 11.6 Å². The first-order valence-electron chi connectivity index (χ1n) is 11.7. The highest BCUT2D eigenvalue weighted by atomic mass is 19.1. The number of benzene rings is 3. The molecule has 0 fully saturated rings. The smallest absolute Gasteiger partial charge is 0.127 e. The van der Waals surface area contributed by atoms with Crippen molar-refractivity contribution in [1.82, 2.24) is 0 Å². The largest absolute Gasteiger partial charge is 0.494 e. The highest BCUT2D eigenvalue weighted by Crippen LogP contribution is 2.23. The highest BCUT2D eigenvalue weighted by Gasteiger charge is 2.06. The van der Waals surface area contributed by atoms with Crippen LogP contribution in [-0.4, -0.2) is 6.61 Å². The maximum Gasteiger partial charge on any atom is 0.127 e. The highest BCUT2D eigenvalue weighted by molar-refractivity contribution is 5.65. The molecule has 0 atom stereocenters. The molecule has 0 aliphatic rings. The lowest BCUT2D eigenvalue weighted by Crippen LogP contribution is -1.95. The van der Waals surface area contributed by atoms with E-state index >= 15 is 0 Å². The van der Waals surface area contributed by atoms with E-state index in [1.807, 2.05) is 37.3 Å². The van der Waals surface area contributed by atoms with Crippen LogP contribution in [0, 0.1) is 24.6 Å². The number of aryl methyl sites for hydroxylation is 2. The van der Waals surface area contributed by atoms with Gasteiger partial charge < -0.3 is 4.74 Å². The Hall–Kier alpha value is -3.05. The molecule has 2 heteroatoms. The van der Waals surface area contributed by atoms with Gasteiger partial charge in [0, 0.05) is 11.1 Å². The maximum absolute atomic E-state index is 14.5. The lowest BCUT2D eigenvalue weighted by atomic mass is 10.00. The number of hydrogen-bond donors (Lipinski definition) is 0. The summed E-state index contributed by atoms with van der Waals surface area (Å²) in [5.41, 5.74) is 5.78. The molecule has 0 aliphatic heterocycles. The minimum atomic E-state index is -0.145. The molecule has 0 heterocycles. The summed E-state index contributed by atoms with van der Waals surface area (Å²) in [6.07, 6.45) is 6.29. The summed E-state index contributed by atoms with van der Waals surface area (Å²) in [7, 11) is 0. The lowest BCUT2D eigenvalue weighted by molar-refractivity contribution is 0.309. The van der Waals surface area contributed by atoms with Gasteiger partial charge in [0.2, 0.25) is 0 Å². The molecular weight excluding hydrogens is 395 g/mol. The summed E-state index contributed by atoms with van der Waals surface area (Å²) in [4.78, 5) is 0. The Kier molecular flexibility index (Phi) is 8.93. The average molecular weight is 429 g/mol. The molecule has 0 unspecified atom stereocenters. The van der Waals surface area contributed by atoms with Gasteiger partial charge in [-0.3, -0.25) is 0 Å². The number of ether oxygens (including phenoxy) is 1. The van der Waals surface area contributed by atoms with E-state index < -0.39 is 0 Å². The van der Waals surface area contributed by atoms with Gasteiger partial charge in [0.15, 0.2) is 0 Å². The first kappa shape index (κ1) is 23.6. The average Bonchev–Trinajstić information content (AvgIpc) is 2.81. The van der Waals surface area contributed by atoms with E-state index in [4.69, 9.17) is 4.74 Å². The minimum Gasteiger partial charge on any atom is -0.494 e. The fourth-order valence-electron chi connectivity index (χ4n) is 3.60. The molecule has 3 aromatic carbocycles. The molecular formula is C30H33FO. The normalized spacial score (nSPS) is 10.5. The maximum atomic E-state index is 14.5. The van der Waals surface area contributed by atoms with Gasteiger partial charge in [-0.25, -0.2) is 4.39 Å². The third-order valence-corrected chi connectivity index (χ3v) is 5.62. The predicted molar refractivity (Wildman–Crippen MR) is 133 cm³/mol. The van der Waals surface area contributed by atoms with Crippen LogP contribution in [0.5, 0.6) is 5.75 Å². The van der Waals surface area contributed by atoms with Crippen LogP contribution in [-0.2, 0) is 6.42 Å². The molecule has 3 rings (SSSR count). The van der Waals surface area contributed by atoms with Crippen molar-refractivity contribution >= 4 is 0 Å². The second kappa shape index (κ2) is 12.1. The molecule has 32 heavy (non-hydrogen) atoms. The predicted octanol–water partition coefficient (Wildman–Crippen LogP) is 8.11. The Morgan fingerprint density at radius 3 is 2.09 bits per heavy atom. The van der Waals surface area contributed by atoms with E-state index in [9.17, 15) is 4.39 Å². The van der Waals surface area contributed by atoms with Gasteiger partial charge >= 0.3 is 0 Å². The first-order valence-corrected chi connectivity index (χ1v) is 11.7. The van der Waals surface area contributed by atoms with Gasteiger partial charge in [-0.2, -0.15) is 0 Å². The Morgan fingerprint density at radius 2 is 1.44 bits per heavy atom. The third kappa shape index (κ3) is 6.72. The quantitative estimate of drug-likeness (QED) is 0.247. The van der Waals surface area contributed by atoms with Crippen LogP contribution in [0.4, 0.5) is 4.39 Å².